The minimum atomic E-state index is 0.340. The second-order valence-corrected chi connectivity index (χ2v) is 5.14. The van der Waals surface area contributed by atoms with E-state index in [1.807, 2.05) is 6.20 Å². The molecule has 0 saturated carbocycles. The maximum Gasteiger partial charge on any atom is 0.0619 e. The van der Waals surface area contributed by atoms with Gasteiger partial charge in [-0.15, -0.1) is 0 Å². The standard InChI is InChI=1S/C13H21BrN2O/c1-4-5-15-12(9-17-3)7-13-10(2)6-11(14)8-16-13/h6,8,12,15H,4-5,7,9H2,1-3H3. The molecule has 1 atom stereocenters. The highest BCUT2D eigenvalue weighted by Crippen LogP contribution is 2.14. The van der Waals surface area contributed by atoms with Crippen molar-refractivity contribution in [1.29, 1.82) is 0 Å². The van der Waals surface area contributed by atoms with Crippen molar-refractivity contribution >= 4 is 15.9 Å². The summed E-state index contributed by atoms with van der Waals surface area (Å²) in [5.41, 5.74) is 2.36. The average Bonchev–Trinajstić information content (AvgIpc) is 2.29. The Hall–Kier alpha value is -0.450. The van der Waals surface area contributed by atoms with Crippen LogP contribution in [0.1, 0.15) is 24.6 Å². The van der Waals surface area contributed by atoms with E-state index in [1.165, 1.54) is 5.56 Å². The van der Waals surface area contributed by atoms with Gasteiger partial charge in [0.05, 0.1) is 6.61 Å². The zero-order chi connectivity index (χ0) is 12.7. The lowest BCUT2D eigenvalue weighted by Gasteiger charge is -2.18. The van der Waals surface area contributed by atoms with Crippen LogP contribution in [-0.2, 0) is 11.2 Å². The summed E-state index contributed by atoms with van der Waals surface area (Å²) in [5, 5.41) is 3.48. The first kappa shape index (κ1) is 14.6. The van der Waals surface area contributed by atoms with Crippen LogP contribution in [0.25, 0.3) is 0 Å². The van der Waals surface area contributed by atoms with Gasteiger partial charge in [-0.3, -0.25) is 4.98 Å². The van der Waals surface area contributed by atoms with Crippen LogP contribution >= 0.6 is 15.9 Å². The van der Waals surface area contributed by atoms with Crippen LogP contribution < -0.4 is 5.32 Å². The second kappa shape index (κ2) is 7.80. The number of halogens is 1. The molecule has 0 saturated heterocycles. The van der Waals surface area contributed by atoms with Crippen LogP contribution in [0.2, 0.25) is 0 Å². The largest absolute Gasteiger partial charge is 0.383 e. The summed E-state index contributed by atoms with van der Waals surface area (Å²) in [5.74, 6) is 0. The van der Waals surface area contributed by atoms with E-state index >= 15 is 0 Å². The minimum absolute atomic E-state index is 0.340. The van der Waals surface area contributed by atoms with Crippen molar-refractivity contribution in [3.8, 4) is 0 Å². The van der Waals surface area contributed by atoms with E-state index in [9.17, 15) is 0 Å². The Morgan fingerprint density at radius 2 is 2.29 bits per heavy atom. The Kier molecular flexibility index (Phi) is 6.70. The molecule has 1 rings (SSSR count). The summed E-state index contributed by atoms with van der Waals surface area (Å²) in [4.78, 5) is 4.47. The lowest BCUT2D eigenvalue weighted by atomic mass is 10.1. The van der Waals surface area contributed by atoms with E-state index in [4.69, 9.17) is 4.74 Å². The van der Waals surface area contributed by atoms with Crippen LogP contribution in [0, 0.1) is 6.92 Å². The Balaban J connectivity index is 2.64. The van der Waals surface area contributed by atoms with E-state index in [0.717, 1.165) is 36.2 Å². The van der Waals surface area contributed by atoms with E-state index in [1.54, 1.807) is 7.11 Å². The average molecular weight is 301 g/mol. The fraction of sp³-hybridized carbons (Fsp3) is 0.615. The zero-order valence-corrected chi connectivity index (χ0v) is 12.4. The fourth-order valence-electron chi connectivity index (χ4n) is 1.76. The Labute approximate surface area is 112 Å². The first-order chi connectivity index (χ1) is 8.17. The van der Waals surface area contributed by atoms with Crippen LogP contribution in [-0.4, -0.2) is 31.3 Å². The van der Waals surface area contributed by atoms with E-state index < -0.39 is 0 Å². The van der Waals surface area contributed by atoms with Crippen molar-refractivity contribution in [3.05, 3.63) is 28.0 Å². The SMILES string of the molecule is CCCNC(COC)Cc1ncc(Br)cc1C. The van der Waals surface area contributed by atoms with Gasteiger partial charge in [0, 0.05) is 35.9 Å². The van der Waals surface area contributed by atoms with E-state index in [-0.39, 0.29) is 0 Å². The number of aromatic nitrogens is 1. The molecular formula is C13H21BrN2O. The molecule has 0 aliphatic carbocycles. The topological polar surface area (TPSA) is 34.1 Å². The van der Waals surface area contributed by atoms with E-state index in [0.29, 0.717) is 6.04 Å². The highest BCUT2D eigenvalue weighted by Gasteiger charge is 2.11. The van der Waals surface area contributed by atoms with Crippen molar-refractivity contribution in [2.24, 2.45) is 0 Å². The van der Waals surface area contributed by atoms with Crippen molar-refractivity contribution in [2.75, 3.05) is 20.3 Å². The van der Waals surface area contributed by atoms with Gasteiger partial charge in [-0.2, -0.15) is 0 Å². The minimum Gasteiger partial charge on any atom is -0.383 e. The molecule has 0 aliphatic heterocycles. The molecule has 0 amide bonds. The molecule has 0 bridgehead atoms. The molecular weight excluding hydrogens is 280 g/mol. The van der Waals surface area contributed by atoms with Gasteiger partial charge >= 0.3 is 0 Å². The number of methoxy groups -OCH3 is 1. The fourth-order valence-corrected chi connectivity index (χ4v) is 2.20. The van der Waals surface area contributed by atoms with Crippen molar-refractivity contribution in [2.45, 2.75) is 32.7 Å². The van der Waals surface area contributed by atoms with Crippen molar-refractivity contribution in [1.82, 2.24) is 10.3 Å². The number of aryl methyl sites for hydroxylation is 1. The molecule has 0 aliphatic rings. The van der Waals surface area contributed by atoms with Gasteiger partial charge in [0.2, 0.25) is 0 Å². The number of nitrogens with zero attached hydrogens (tertiary/aromatic N) is 1. The maximum atomic E-state index is 5.24. The first-order valence-corrected chi connectivity index (χ1v) is 6.80. The quantitative estimate of drug-likeness (QED) is 0.841. The number of hydrogen-bond donors (Lipinski definition) is 1. The van der Waals surface area contributed by atoms with Crippen LogP contribution in [0.4, 0.5) is 0 Å². The van der Waals surface area contributed by atoms with Crippen LogP contribution in [0.15, 0.2) is 16.7 Å². The van der Waals surface area contributed by atoms with Gasteiger partial charge in [-0.1, -0.05) is 6.92 Å². The third-order valence-corrected chi connectivity index (χ3v) is 3.08. The van der Waals surface area contributed by atoms with Crippen molar-refractivity contribution < 1.29 is 4.74 Å². The molecule has 1 aromatic rings. The first-order valence-electron chi connectivity index (χ1n) is 6.00. The Morgan fingerprint density at radius 1 is 1.53 bits per heavy atom. The molecule has 1 N–H and O–H groups in total. The second-order valence-electron chi connectivity index (χ2n) is 4.23. The van der Waals surface area contributed by atoms with Crippen LogP contribution in [0.5, 0.6) is 0 Å². The molecule has 0 radical (unpaired) electrons. The molecule has 1 aromatic heterocycles. The van der Waals surface area contributed by atoms with Gasteiger partial charge in [-0.25, -0.2) is 0 Å². The molecule has 0 spiro atoms. The molecule has 3 nitrogen and oxygen atoms in total. The third kappa shape index (κ3) is 5.15. The summed E-state index contributed by atoms with van der Waals surface area (Å²) in [6.07, 6.45) is 3.89. The summed E-state index contributed by atoms with van der Waals surface area (Å²) < 4.78 is 6.27. The summed E-state index contributed by atoms with van der Waals surface area (Å²) in [7, 11) is 1.74. The number of rotatable bonds is 7. The number of hydrogen-bond acceptors (Lipinski definition) is 3. The van der Waals surface area contributed by atoms with Gasteiger partial charge in [-0.05, 0) is 47.4 Å². The number of ether oxygens (including phenoxy) is 1. The molecule has 0 fully saturated rings. The van der Waals surface area contributed by atoms with Gasteiger partial charge in [0.25, 0.3) is 0 Å². The molecule has 96 valence electrons. The van der Waals surface area contributed by atoms with Gasteiger partial charge < -0.3 is 10.1 Å². The Morgan fingerprint density at radius 3 is 2.88 bits per heavy atom. The lowest BCUT2D eigenvalue weighted by Crippen LogP contribution is -2.36. The summed E-state index contributed by atoms with van der Waals surface area (Å²) >= 11 is 3.43. The van der Waals surface area contributed by atoms with Gasteiger partial charge in [0.1, 0.15) is 0 Å². The van der Waals surface area contributed by atoms with Crippen LogP contribution in [0.3, 0.4) is 0 Å². The van der Waals surface area contributed by atoms with Gasteiger partial charge in [0.15, 0.2) is 0 Å². The summed E-state index contributed by atoms with van der Waals surface area (Å²) in [6.45, 7) is 6.00. The van der Waals surface area contributed by atoms with E-state index in [2.05, 4.69) is 46.1 Å². The third-order valence-electron chi connectivity index (χ3n) is 2.64. The summed E-state index contributed by atoms with van der Waals surface area (Å²) in [6, 6.07) is 2.44. The molecule has 4 heteroatoms. The maximum absolute atomic E-state index is 5.24. The monoisotopic (exact) mass is 300 g/mol. The number of nitrogens with one attached hydrogen (secondary N) is 1. The highest BCUT2D eigenvalue weighted by atomic mass is 79.9. The molecule has 17 heavy (non-hydrogen) atoms. The van der Waals surface area contributed by atoms with Crippen molar-refractivity contribution in [3.63, 3.8) is 0 Å². The predicted octanol–water partition coefficient (Wildman–Crippen LogP) is 2.71. The smallest absolute Gasteiger partial charge is 0.0619 e. The normalized spacial score (nSPS) is 12.7. The molecule has 1 heterocycles. The molecule has 0 aromatic carbocycles. The highest BCUT2D eigenvalue weighted by molar-refractivity contribution is 9.10. The predicted molar refractivity (Wildman–Crippen MR) is 74.3 cm³/mol. The lowest BCUT2D eigenvalue weighted by molar-refractivity contribution is 0.165. The zero-order valence-electron chi connectivity index (χ0n) is 10.8. The number of pyridine rings is 1. The molecule has 1 unspecified atom stereocenters. The Bertz CT molecular complexity index is 344.